The zero-order chi connectivity index (χ0) is 14.2. The number of hydrogen-bond donors (Lipinski definition) is 1. The van der Waals surface area contributed by atoms with Crippen LogP contribution < -0.4 is 0 Å². The SMILES string of the molecule is C=CC(=O)O.C=CCOCC1CO1.CCN=C=O. The molecule has 0 aromatic heterocycles. The molecule has 0 radical (unpaired) electrons. The average molecular weight is 257 g/mol. The summed E-state index contributed by atoms with van der Waals surface area (Å²) in [5, 5.41) is 7.60. The fraction of sp³-hybridized carbons (Fsp3) is 0.500. The van der Waals surface area contributed by atoms with Crippen molar-refractivity contribution in [3.05, 3.63) is 25.3 Å². The highest BCUT2D eigenvalue weighted by atomic mass is 16.6. The lowest BCUT2D eigenvalue weighted by Gasteiger charge is -1.92. The number of carbonyl (C=O) groups excluding carboxylic acids is 1. The highest BCUT2D eigenvalue weighted by molar-refractivity contribution is 5.78. The van der Waals surface area contributed by atoms with Crippen molar-refractivity contribution in [2.75, 3.05) is 26.4 Å². The van der Waals surface area contributed by atoms with Gasteiger partial charge in [-0.15, -0.1) is 6.58 Å². The number of aliphatic carboxylic acids is 1. The Morgan fingerprint density at radius 2 is 2.22 bits per heavy atom. The van der Waals surface area contributed by atoms with Gasteiger partial charge in [0.1, 0.15) is 6.10 Å². The average Bonchev–Trinajstić information content (AvgIpc) is 3.16. The number of nitrogens with zero attached hydrogens (tertiary/aromatic N) is 1. The number of epoxide rings is 1. The first-order chi connectivity index (χ1) is 8.62. The normalized spacial score (nSPS) is 14.6. The summed E-state index contributed by atoms with van der Waals surface area (Å²) in [6.45, 7) is 11.0. The van der Waals surface area contributed by atoms with Crippen LogP contribution in [-0.4, -0.2) is 49.6 Å². The first-order valence-corrected chi connectivity index (χ1v) is 5.31. The van der Waals surface area contributed by atoms with E-state index in [1.807, 2.05) is 0 Å². The maximum Gasteiger partial charge on any atom is 0.327 e. The van der Waals surface area contributed by atoms with Crippen molar-refractivity contribution in [1.29, 1.82) is 0 Å². The van der Waals surface area contributed by atoms with Gasteiger partial charge in [0.15, 0.2) is 0 Å². The van der Waals surface area contributed by atoms with E-state index in [4.69, 9.17) is 19.4 Å². The number of isocyanates is 1. The minimum absolute atomic E-state index is 0.384. The van der Waals surface area contributed by atoms with Gasteiger partial charge in [0.05, 0.1) is 19.8 Å². The largest absolute Gasteiger partial charge is 0.478 e. The van der Waals surface area contributed by atoms with Gasteiger partial charge in [-0.3, -0.25) is 0 Å². The summed E-state index contributed by atoms with van der Waals surface area (Å²) >= 11 is 0. The number of rotatable bonds is 6. The molecule has 1 rings (SSSR count). The highest BCUT2D eigenvalue weighted by Gasteiger charge is 2.21. The molecule has 102 valence electrons. The molecule has 0 saturated carbocycles. The summed E-state index contributed by atoms with van der Waals surface area (Å²) in [5.41, 5.74) is 0. The van der Waals surface area contributed by atoms with Crippen molar-refractivity contribution in [1.82, 2.24) is 0 Å². The van der Waals surface area contributed by atoms with Gasteiger partial charge >= 0.3 is 5.97 Å². The summed E-state index contributed by atoms with van der Waals surface area (Å²) in [7, 11) is 0. The third-order valence-electron chi connectivity index (χ3n) is 1.34. The fourth-order valence-electron chi connectivity index (χ4n) is 0.512. The molecule has 0 aromatic carbocycles. The molecule has 6 nitrogen and oxygen atoms in total. The van der Waals surface area contributed by atoms with E-state index in [0.29, 0.717) is 19.3 Å². The molecule has 1 aliphatic heterocycles. The summed E-state index contributed by atoms with van der Waals surface area (Å²) in [4.78, 5) is 21.5. The van der Waals surface area contributed by atoms with Crippen LogP contribution in [0.5, 0.6) is 0 Å². The Hall–Kier alpha value is -1.75. The summed E-state index contributed by atoms with van der Waals surface area (Å²) in [6.07, 6.45) is 4.35. The van der Waals surface area contributed by atoms with Crippen molar-refractivity contribution in [3.8, 4) is 0 Å². The minimum Gasteiger partial charge on any atom is -0.478 e. The van der Waals surface area contributed by atoms with Crippen LogP contribution in [0.25, 0.3) is 0 Å². The number of carboxylic acid groups (broad SMARTS) is 1. The molecule has 1 aliphatic rings. The van der Waals surface area contributed by atoms with Crippen LogP contribution in [-0.2, 0) is 19.1 Å². The van der Waals surface area contributed by atoms with Crippen LogP contribution >= 0.6 is 0 Å². The molecule has 1 atom stereocenters. The molecule has 0 aromatic rings. The number of carbonyl (C=O) groups is 1. The molecule has 0 bridgehead atoms. The molecular weight excluding hydrogens is 238 g/mol. The Kier molecular flexibility index (Phi) is 15.8. The maximum atomic E-state index is 9.25. The number of ether oxygens (including phenoxy) is 2. The van der Waals surface area contributed by atoms with Crippen LogP contribution in [0.1, 0.15) is 6.92 Å². The Morgan fingerprint density at radius 3 is 2.44 bits per heavy atom. The lowest BCUT2D eigenvalue weighted by atomic mass is 10.5. The van der Waals surface area contributed by atoms with Crippen molar-refractivity contribution in [3.63, 3.8) is 0 Å². The van der Waals surface area contributed by atoms with E-state index in [1.165, 1.54) is 6.08 Å². The molecule has 1 N–H and O–H groups in total. The second-order valence-electron chi connectivity index (χ2n) is 2.89. The van der Waals surface area contributed by atoms with Crippen LogP contribution in [0.2, 0.25) is 0 Å². The van der Waals surface area contributed by atoms with Gasteiger partial charge < -0.3 is 14.6 Å². The van der Waals surface area contributed by atoms with Crippen molar-refractivity contribution < 1.29 is 24.2 Å². The van der Waals surface area contributed by atoms with E-state index < -0.39 is 5.97 Å². The second-order valence-corrected chi connectivity index (χ2v) is 2.89. The molecule has 6 heteroatoms. The van der Waals surface area contributed by atoms with Crippen LogP contribution in [0, 0.1) is 0 Å². The van der Waals surface area contributed by atoms with Gasteiger partial charge in [0.2, 0.25) is 6.08 Å². The van der Waals surface area contributed by atoms with Gasteiger partial charge in [0, 0.05) is 12.6 Å². The Labute approximate surface area is 107 Å². The third kappa shape index (κ3) is 23.8. The predicted octanol–water partition coefficient (Wildman–Crippen LogP) is 1.19. The number of carboxylic acids is 1. The summed E-state index contributed by atoms with van der Waals surface area (Å²) in [6, 6.07) is 0. The molecule has 0 aliphatic carbocycles. The van der Waals surface area contributed by atoms with Gasteiger partial charge in [-0.1, -0.05) is 12.7 Å². The van der Waals surface area contributed by atoms with Crippen molar-refractivity contribution in [2.45, 2.75) is 13.0 Å². The van der Waals surface area contributed by atoms with E-state index >= 15 is 0 Å². The Balaban J connectivity index is 0. The van der Waals surface area contributed by atoms with E-state index in [0.717, 1.165) is 19.3 Å². The van der Waals surface area contributed by atoms with Crippen molar-refractivity contribution >= 4 is 12.0 Å². The van der Waals surface area contributed by atoms with E-state index in [9.17, 15) is 4.79 Å². The van der Waals surface area contributed by atoms with Crippen LogP contribution in [0.15, 0.2) is 30.3 Å². The predicted molar refractivity (Wildman–Crippen MR) is 67.3 cm³/mol. The van der Waals surface area contributed by atoms with Gasteiger partial charge in [-0.05, 0) is 6.92 Å². The lowest BCUT2D eigenvalue weighted by molar-refractivity contribution is -0.131. The highest BCUT2D eigenvalue weighted by Crippen LogP contribution is 2.07. The number of hydrogen-bond acceptors (Lipinski definition) is 5. The molecular formula is C12H19NO5. The molecule has 0 spiro atoms. The van der Waals surface area contributed by atoms with Gasteiger partial charge in [0.25, 0.3) is 0 Å². The quantitative estimate of drug-likeness (QED) is 0.193. The zero-order valence-electron chi connectivity index (χ0n) is 10.5. The first-order valence-electron chi connectivity index (χ1n) is 5.31. The zero-order valence-corrected chi connectivity index (χ0v) is 10.5. The molecule has 0 amide bonds. The van der Waals surface area contributed by atoms with Crippen LogP contribution in [0.3, 0.4) is 0 Å². The topological polar surface area (TPSA) is 88.5 Å². The van der Waals surface area contributed by atoms with E-state index in [2.05, 4.69) is 18.2 Å². The molecule has 1 fully saturated rings. The summed E-state index contributed by atoms with van der Waals surface area (Å²) < 4.78 is 9.96. The third-order valence-corrected chi connectivity index (χ3v) is 1.34. The summed E-state index contributed by atoms with van der Waals surface area (Å²) in [5.74, 6) is -0.981. The molecule has 1 unspecified atom stereocenters. The monoisotopic (exact) mass is 257 g/mol. The maximum absolute atomic E-state index is 9.25. The molecule has 1 saturated heterocycles. The fourth-order valence-corrected chi connectivity index (χ4v) is 0.512. The van der Waals surface area contributed by atoms with Gasteiger partial charge in [-0.25, -0.2) is 14.6 Å². The van der Waals surface area contributed by atoms with E-state index in [1.54, 1.807) is 13.0 Å². The lowest BCUT2D eigenvalue weighted by Crippen LogP contribution is -2.00. The Bertz CT molecular complexity index is 280. The Morgan fingerprint density at radius 1 is 1.67 bits per heavy atom. The number of aliphatic imine (C=N–C) groups is 1. The van der Waals surface area contributed by atoms with Gasteiger partial charge in [-0.2, -0.15) is 0 Å². The van der Waals surface area contributed by atoms with Crippen molar-refractivity contribution in [2.24, 2.45) is 4.99 Å². The standard InChI is InChI=1S/C6H10O2.C3H5NO.C3H4O2/c1-2-3-7-4-6-5-8-6;1-2-4-3-5;1-2-3(4)5/h2,6H,1,3-5H2;2H2,1H3;2H,1H2,(H,4,5). The first kappa shape index (κ1) is 18.6. The molecule has 1 heterocycles. The van der Waals surface area contributed by atoms with Crippen LogP contribution in [0.4, 0.5) is 0 Å². The second kappa shape index (κ2) is 15.2. The smallest absolute Gasteiger partial charge is 0.327 e. The minimum atomic E-state index is -0.981. The van der Waals surface area contributed by atoms with E-state index in [-0.39, 0.29) is 0 Å². The molecule has 18 heavy (non-hydrogen) atoms.